The van der Waals surface area contributed by atoms with Gasteiger partial charge in [0.2, 0.25) is 5.91 Å². The summed E-state index contributed by atoms with van der Waals surface area (Å²) in [7, 11) is 0. The highest BCUT2D eigenvalue weighted by atomic mass is 16.3. The van der Waals surface area contributed by atoms with Gasteiger partial charge in [0.1, 0.15) is 11.5 Å². The number of phenolic OH excluding ortho intramolecular Hbond substituents is 2. The van der Waals surface area contributed by atoms with Gasteiger partial charge in [0, 0.05) is 61.4 Å². The Morgan fingerprint density at radius 3 is 2.44 bits per heavy atom. The number of nitrogens with zero attached hydrogens (tertiary/aromatic N) is 5. The van der Waals surface area contributed by atoms with Crippen LogP contribution in [0.5, 0.6) is 17.5 Å². The van der Waals surface area contributed by atoms with E-state index in [1.165, 1.54) is 22.8 Å². The number of amides is 3. The highest BCUT2D eigenvalue weighted by Crippen LogP contribution is 2.39. The van der Waals surface area contributed by atoms with Crippen LogP contribution in [0, 0.1) is 0 Å². The first-order valence-corrected chi connectivity index (χ1v) is 13.2. The summed E-state index contributed by atoms with van der Waals surface area (Å²) in [6.07, 6.45) is 4.94. The number of fused-ring (bicyclic) bond motifs is 1. The van der Waals surface area contributed by atoms with Crippen LogP contribution in [0.1, 0.15) is 38.2 Å². The Kier molecular flexibility index (Phi) is 7.47. The number of carbonyl (C=O) groups excluding carboxylic acids is 3. The molecule has 0 saturated carbocycles. The van der Waals surface area contributed by atoms with E-state index in [4.69, 9.17) is 0 Å². The number of hydrogen-bond acceptors (Lipinski definition) is 8. The fourth-order valence-corrected chi connectivity index (χ4v) is 4.90. The van der Waals surface area contributed by atoms with Crippen LogP contribution in [0.25, 0.3) is 28.0 Å². The van der Waals surface area contributed by atoms with Crippen molar-refractivity contribution in [1.82, 2.24) is 29.5 Å². The van der Waals surface area contributed by atoms with Gasteiger partial charge in [-0.1, -0.05) is 18.9 Å². The van der Waals surface area contributed by atoms with Gasteiger partial charge in [-0.15, -0.1) is 5.10 Å². The van der Waals surface area contributed by atoms with Crippen molar-refractivity contribution in [1.29, 1.82) is 0 Å². The molecule has 2 aromatic heterocycles. The number of nitrogens with one attached hydrogen (secondary N) is 1. The third-order valence-electron chi connectivity index (χ3n) is 7.03. The molecule has 12 nitrogen and oxygen atoms in total. The van der Waals surface area contributed by atoms with E-state index in [0.29, 0.717) is 36.3 Å². The van der Waals surface area contributed by atoms with E-state index in [1.807, 2.05) is 42.8 Å². The number of carbonyl (C=O) groups is 3. The van der Waals surface area contributed by atoms with Crippen LogP contribution < -0.4 is 5.32 Å². The van der Waals surface area contributed by atoms with Crippen molar-refractivity contribution < 1.29 is 29.7 Å². The minimum atomic E-state index is -0.354. The number of hydrogen-bond donors (Lipinski definition) is 4. The Morgan fingerprint density at radius 2 is 1.71 bits per heavy atom. The molecule has 0 fully saturated rings. The smallest absolute Gasteiger partial charge is 0.319 e. The van der Waals surface area contributed by atoms with Crippen molar-refractivity contribution in [2.24, 2.45) is 0 Å². The summed E-state index contributed by atoms with van der Waals surface area (Å²) in [6, 6.07) is 9.99. The second-order valence-corrected chi connectivity index (χ2v) is 10.1. The van der Waals surface area contributed by atoms with Gasteiger partial charge >= 0.3 is 6.01 Å². The Labute approximate surface area is 235 Å². The Balaban J connectivity index is 1.26. The molecule has 12 heteroatoms. The molecule has 41 heavy (non-hydrogen) atoms. The van der Waals surface area contributed by atoms with E-state index < -0.39 is 0 Å². The highest BCUT2D eigenvalue weighted by Gasteiger charge is 2.23. The lowest BCUT2D eigenvalue weighted by atomic mass is 9.98. The van der Waals surface area contributed by atoms with Crippen LogP contribution in [0.2, 0.25) is 0 Å². The maximum atomic E-state index is 12.2. The van der Waals surface area contributed by atoms with Crippen molar-refractivity contribution in [2.45, 2.75) is 39.2 Å². The fourth-order valence-electron chi connectivity index (χ4n) is 4.90. The second kappa shape index (κ2) is 11.2. The zero-order valence-corrected chi connectivity index (χ0v) is 22.6. The zero-order valence-electron chi connectivity index (χ0n) is 22.6. The molecule has 1 aliphatic rings. The Morgan fingerprint density at radius 1 is 0.951 bits per heavy atom. The normalized spacial score (nSPS) is 13.2. The minimum absolute atomic E-state index is 0.0101. The van der Waals surface area contributed by atoms with E-state index >= 15 is 0 Å². The molecule has 3 amide bonds. The predicted molar refractivity (Wildman–Crippen MR) is 149 cm³/mol. The molecule has 4 aromatic rings. The third kappa shape index (κ3) is 5.49. The number of rotatable bonds is 10. The van der Waals surface area contributed by atoms with Crippen LogP contribution in [-0.2, 0) is 20.9 Å². The van der Waals surface area contributed by atoms with Crippen LogP contribution in [0.15, 0.2) is 54.7 Å². The van der Waals surface area contributed by atoms with Gasteiger partial charge in [-0.3, -0.25) is 19.3 Å². The molecule has 0 unspecified atom stereocenters. The SMILES string of the molecule is CC(C)c1cc(-c2nnc(O)n2-c2ccc3c(ccn3CCNC(=O)CCCN3C(=O)C=CC3=O)c2)c(O)cc1O. The summed E-state index contributed by atoms with van der Waals surface area (Å²) in [5.41, 5.74) is 2.43. The third-order valence-corrected chi connectivity index (χ3v) is 7.03. The van der Waals surface area contributed by atoms with Gasteiger partial charge in [0.05, 0.1) is 11.3 Å². The van der Waals surface area contributed by atoms with Crippen molar-refractivity contribution in [3.63, 3.8) is 0 Å². The summed E-state index contributed by atoms with van der Waals surface area (Å²) in [5, 5.41) is 43.0. The van der Waals surface area contributed by atoms with Gasteiger partial charge in [0.15, 0.2) is 5.82 Å². The molecular weight excluding hydrogens is 528 g/mol. The molecule has 5 rings (SSSR count). The molecule has 0 radical (unpaired) electrons. The lowest BCUT2D eigenvalue weighted by Crippen LogP contribution is -2.32. The average molecular weight is 559 g/mol. The van der Waals surface area contributed by atoms with Crippen LogP contribution >= 0.6 is 0 Å². The molecular formula is C29H30N6O6. The maximum absolute atomic E-state index is 12.2. The molecule has 0 spiro atoms. The summed E-state index contributed by atoms with van der Waals surface area (Å²) < 4.78 is 3.41. The molecule has 2 aromatic carbocycles. The summed E-state index contributed by atoms with van der Waals surface area (Å²) >= 11 is 0. The first-order chi connectivity index (χ1) is 19.6. The lowest BCUT2D eigenvalue weighted by molar-refractivity contribution is -0.137. The molecule has 1 aliphatic heterocycles. The van der Waals surface area contributed by atoms with Gasteiger partial charge < -0.3 is 25.2 Å². The molecule has 3 heterocycles. The molecule has 0 atom stereocenters. The number of aromatic hydroxyl groups is 3. The summed E-state index contributed by atoms with van der Waals surface area (Å²) in [4.78, 5) is 36.5. The van der Waals surface area contributed by atoms with E-state index in [0.717, 1.165) is 15.8 Å². The fraction of sp³-hybridized carbons (Fsp3) is 0.276. The number of benzene rings is 2. The Bertz CT molecular complexity index is 1670. The van der Waals surface area contributed by atoms with E-state index in [-0.39, 0.29) is 59.9 Å². The van der Waals surface area contributed by atoms with Gasteiger partial charge in [0.25, 0.3) is 11.8 Å². The van der Waals surface area contributed by atoms with Gasteiger partial charge in [-0.25, -0.2) is 4.57 Å². The first kappa shape index (κ1) is 27.4. The second-order valence-electron chi connectivity index (χ2n) is 10.1. The summed E-state index contributed by atoms with van der Waals surface area (Å²) in [6.45, 7) is 4.95. The Hall–Kier alpha value is -5.13. The number of imide groups is 1. The largest absolute Gasteiger partial charge is 0.508 e. The lowest BCUT2D eigenvalue weighted by Gasteiger charge is -2.14. The molecule has 0 aliphatic carbocycles. The topological polar surface area (TPSA) is 163 Å². The number of phenols is 2. The molecule has 0 bridgehead atoms. The van der Waals surface area contributed by atoms with Crippen LogP contribution in [0.4, 0.5) is 0 Å². The van der Waals surface area contributed by atoms with Crippen molar-refractivity contribution >= 4 is 28.6 Å². The summed E-state index contributed by atoms with van der Waals surface area (Å²) in [5.74, 6) is -0.875. The van der Waals surface area contributed by atoms with Crippen molar-refractivity contribution in [3.05, 3.63) is 60.3 Å². The first-order valence-electron chi connectivity index (χ1n) is 13.2. The predicted octanol–water partition coefficient (Wildman–Crippen LogP) is 2.95. The maximum Gasteiger partial charge on any atom is 0.319 e. The highest BCUT2D eigenvalue weighted by molar-refractivity contribution is 6.12. The zero-order chi connectivity index (χ0) is 29.3. The minimum Gasteiger partial charge on any atom is -0.508 e. The van der Waals surface area contributed by atoms with Crippen molar-refractivity contribution in [3.8, 4) is 34.6 Å². The molecule has 0 saturated heterocycles. The molecule has 212 valence electrons. The number of aromatic nitrogens is 4. The van der Waals surface area contributed by atoms with Gasteiger partial charge in [-0.2, -0.15) is 0 Å². The average Bonchev–Trinajstić information content (AvgIpc) is 3.61. The van der Waals surface area contributed by atoms with E-state index in [2.05, 4.69) is 15.5 Å². The van der Waals surface area contributed by atoms with E-state index in [9.17, 15) is 29.7 Å². The van der Waals surface area contributed by atoms with Crippen LogP contribution in [0.3, 0.4) is 0 Å². The monoisotopic (exact) mass is 558 g/mol. The van der Waals surface area contributed by atoms with E-state index in [1.54, 1.807) is 12.1 Å². The van der Waals surface area contributed by atoms with Gasteiger partial charge in [-0.05, 0) is 48.2 Å². The molecule has 4 N–H and O–H groups in total. The van der Waals surface area contributed by atoms with Crippen molar-refractivity contribution in [2.75, 3.05) is 13.1 Å². The van der Waals surface area contributed by atoms with Crippen LogP contribution in [-0.4, -0.2) is 70.4 Å². The quantitative estimate of drug-likeness (QED) is 0.216. The standard InChI is InChI=1S/C29H30N6O6/c1-17(2)20-15-21(24(37)16-23(20)36)28-31-32-29(41)35(28)19-5-6-22-18(14-19)9-12-33(22)13-10-30-25(38)4-3-11-34-26(39)7-8-27(34)40/h5-9,12,14-17,36-37H,3-4,10-11,13H2,1-2H3,(H,30,38)(H,32,41).